The monoisotopic (exact) mass is 452 g/mol. The second kappa shape index (κ2) is 9.25. The van der Waals surface area contributed by atoms with E-state index in [0.29, 0.717) is 36.0 Å². The van der Waals surface area contributed by atoms with Gasteiger partial charge in [0.15, 0.2) is 5.76 Å². The molecule has 1 aromatic carbocycles. The zero-order valence-electron chi connectivity index (χ0n) is 18.3. The Kier molecular flexibility index (Phi) is 6.87. The van der Waals surface area contributed by atoms with Gasteiger partial charge >= 0.3 is 0 Å². The van der Waals surface area contributed by atoms with Crippen molar-refractivity contribution in [2.24, 2.45) is 0 Å². The van der Waals surface area contributed by atoms with Crippen LogP contribution < -0.4 is 14.8 Å². The number of aryl methyl sites for hydroxylation is 2. The number of carbonyl (C=O) groups is 1. The molecule has 1 aliphatic rings. The number of nitrogens with one attached hydrogen (secondary N) is 1. The van der Waals surface area contributed by atoms with Crippen molar-refractivity contribution < 1.29 is 27.2 Å². The molecule has 1 unspecified atom stereocenters. The number of benzene rings is 1. The third kappa shape index (κ3) is 4.83. The van der Waals surface area contributed by atoms with Crippen LogP contribution in [0.2, 0.25) is 0 Å². The Balaban J connectivity index is 1.64. The summed E-state index contributed by atoms with van der Waals surface area (Å²) >= 11 is 0. The van der Waals surface area contributed by atoms with Crippen molar-refractivity contribution in [2.45, 2.75) is 31.7 Å². The van der Waals surface area contributed by atoms with Gasteiger partial charge in [0.25, 0.3) is 0 Å². The van der Waals surface area contributed by atoms with E-state index in [0.717, 1.165) is 0 Å². The van der Waals surface area contributed by atoms with E-state index < -0.39 is 16.1 Å². The predicted octanol–water partition coefficient (Wildman–Crippen LogP) is 1.64. The molecule has 1 aromatic heterocycles. The fraction of sp³-hybridized carbons (Fsp3) is 0.500. The zero-order chi connectivity index (χ0) is 22.8. The highest BCUT2D eigenvalue weighted by atomic mass is 32.2. The van der Waals surface area contributed by atoms with Gasteiger partial charge in [-0.05, 0) is 20.8 Å². The lowest BCUT2D eigenvalue weighted by Gasteiger charge is -2.36. The molecule has 3 rings (SSSR count). The molecule has 31 heavy (non-hydrogen) atoms. The Bertz CT molecular complexity index is 1000. The van der Waals surface area contributed by atoms with E-state index in [2.05, 4.69) is 10.5 Å². The lowest BCUT2D eigenvalue weighted by Crippen LogP contribution is -2.54. The molecule has 2 heterocycles. The van der Waals surface area contributed by atoms with Crippen molar-refractivity contribution in [3.8, 4) is 11.5 Å². The van der Waals surface area contributed by atoms with Gasteiger partial charge in [-0.3, -0.25) is 9.69 Å². The lowest BCUT2D eigenvalue weighted by atomic mass is 10.2. The molecule has 1 amide bonds. The molecule has 1 saturated heterocycles. The van der Waals surface area contributed by atoms with Gasteiger partial charge in [-0.1, -0.05) is 5.16 Å². The van der Waals surface area contributed by atoms with Gasteiger partial charge in [0.05, 0.1) is 20.3 Å². The van der Waals surface area contributed by atoms with Gasteiger partial charge in [-0.15, -0.1) is 0 Å². The maximum absolute atomic E-state index is 13.0. The molecule has 2 aromatic rings. The molecular weight excluding hydrogens is 424 g/mol. The van der Waals surface area contributed by atoms with Crippen LogP contribution in [0.5, 0.6) is 11.5 Å². The van der Waals surface area contributed by atoms with E-state index in [4.69, 9.17) is 14.0 Å². The molecule has 0 spiro atoms. The van der Waals surface area contributed by atoms with Crippen LogP contribution in [-0.2, 0) is 14.8 Å². The van der Waals surface area contributed by atoms with Crippen molar-refractivity contribution in [1.29, 1.82) is 0 Å². The van der Waals surface area contributed by atoms with Gasteiger partial charge in [0, 0.05) is 50.1 Å². The first-order valence-electron chi connectivity index (χ1n) is 9.88. The average Bonchev–Trinajstić information content (AvgIpc) is 3.11. The highest BCUT2D eigenvalue weighted by molar-refractivity contribution is 7.89. The SMILES string of the molecule is COc1cc(NC(=O)C(C)N2CCN(S(=O)(=O)c3c(C)noc3C)CC2)cc(OC)c1. The summed E-state index contributed by atoms with van der Waals surface area (Å²) < 4.78 is 42.8. The number of methoxy groups -OCH3 is 2. The summed E-state index contributed by atoms with van der Waals surface area (Å²) in [6.45, 7) is 6.40. The number of aromatic nitrogens is 1. The van der Waals surface area contributed by atoms with Crippen molar-refractivity contribution in [2.75, 3.05) is 45.7 Å². The van der Waals surface area contributed by atoms with E-state index in [-0.39, 0.29) is 29.7 Å². The minimum absolute atomic E-state index is 0.124. The van der Waals surface area contributed by atoms with Gasteiger partial charge in [0.1, 0.15) is 22.1 Å². The smallest absolute Gasteiger partial charge is 0.248 e. The zero-order valence-corrected chi connectivity index (χ0v) is 19.2. The minimum Gasteiger partial charge on any atom is -0.497 e. The second-order valence-corrected chi connectivity index (χ2v) is 9.23. The number of rotatable bonds is 7. The van der Waals surface area contributed by atoms with Crippen LogP contribution in [0.25, 0.3) is 0 Å². The quantitative estimate of drug-likeness (QED) is 0.674. The van der Waals surface area contributed by atoms with Crippen LogP contribution in [0.3, 0.4) is 0 Å². The van der Waals surface area contributed by atoms with Crippen LogP contribution in [0, 0.1) is 13.8 Å². The maximum atomic E-state index is 13.0. The third-order valence-corrected chi connectivity index (χ3v) is 7.53. The fourth-order valence-electron chi connectivity index (χ4n) is 3.60. The standard InChI is InChI=1S/C20H28N4O6S/c1-13-19(15(3)30-22-13)31(26,27)24-8-6-23(7-9-24)14(2)20(25)21-16-10-17(28-4)12-18(11-16)29-5/h10-12,14H,6-9H2,1-5H3,(H,21,25). The van der Waals surface area contributed by atoms with Crippen molar-refractivity contribution >= 4 is 21.6 Å². The third-order valence-electron chi connectivity index (χ3n) is 5.39. The summed E-state index contributed by atoms with van der Waals surface area (Å²) in [6, 6.07) is 4.70. The number of carbonyl (C=O) groups excluding carboxylic acids is 1. The first-order valence-corrected chi connectivity index (χ1v) is 11.3. The number of hydrogen-bond acceptors (Lipinski definition) is 8. The molecule has 170 valence electrons. The summed E-state index contributed by atoms with van der Waals surface area (Å²) in [6.07, 6.45) is 0. The second-order valence-electron chi connectivity index (χ2n) is 7.36. The lowest BCUT2D eigenvalue weighted by molar-refractivity contribution is -0.121. The summed E-state index contributed by atoms with van der Waals surface area (Å²) in [4.78, 5) is 14.9. The number of hydrogen-bond donors (Lipinski definition) is 1. The van der Waals surface area contributed by atoms with E-state index in [1.54, 1.807) is 53.2 Å². The van der Waals surface area contributed by atoms with Crippen LogP contribution >= 0.6 is 0 Å². The molecule has 1 fully saturated rings. The highest BCUT2D eigenvalue weighted by Gasteiger charge is 2.35. The first-order chi connectivity index (χ1) is 14.7. The van der Waals surface area contributed by atoms with Crippen molar-refractivity contribution in [3.63, 3.8) is 0 Å². The number of ether oxygens (including phenoxy) is 2. The predicted molar refractivity (Wildman–Crippen MR) is 114 cm³/mol. The van der Waals surface area contributed by atoms with Crippen molar-refractivity contribution in [1.82, 2.24) is 14.4 Å². The molecule has 1 atom stereocenters. The van der Waals surface area contributed by atoms with E-state index in [1.807, 2.05) is 4.90 Å². The molecule has 10 nitrogen and oxygen atoms in total. The van der Waals surface area contributed by atoms with Crippen LogP contribution in [0.1, 0.15) is 18.4 Å². The summed E-state index contributed by atoms with van der Waals surface area (Å²) in [5.41, 5.74) is 0.911. The summed E-state index contributed by atoms with van der Waals surface area (Å²) in [5, 5.41) is 6.62. The van der Waals surface area contributed by atoms with E-state index in [1.165, 1.54) is 4.31 Å². The Hall–Kier alpha value is -2.63. The number of nitrogens with zero attached hydrogens (tertiary/aromatic N) is 3. The van der Waals surface area contributed by atoms with Crippen LogP contribution in [0.4, 0.5) is 5.69 Å². The maximum Gasteiger partial charge on any atom is 0.248 e. The Morgan fingerprint density at radius 3 is 2.16 bits per heavy atom. The summed E-state index contributed by atoms with van der Waals surface area (Å²) in [5.74, 6) is 1.22. The van der Waals surface area contributed by atoms with Crippen LogP contribution in [-0.4, -0.2) is 75.1 Å². The largest absolute Gasteiger partial charge is 0.497 e. The summed E-state index contributed by atoms with van der Waals surface area (Å²) in [7, 11) is -0.610. The van der Waals surface area contributed by atoms with Crippen molar-refractivity contribution in [3.05, 3.63) is 29.7 Å². The Morgan fingerprint density at radius 2 is 1.68 bits per heavy atom. The number of piperazine rings is 1. The number of amides is 1. The molecule has 0 aliphatic carbocycles. The molecule has 1 N–H and O–H groups in total. The molecule has 0 radical (unpaired) electrons. The minimum atomic E-state index is -3.69. The topological polar surface area (TPSA) is 114 Å². The normalized spacial score (nSPS) is 16.7. The number of sulfonamides is 1. The van der Waals surface area contributed by atoms with Gasteiger partial charge < -0.3 is 19.3 Å². The van der Waals surface area contributed by atoms with E-state index in [9.17, 15) is 13.2 Å². The first kappa shape index (κ1) is 23.0. The van der Waals surface area contributed by atoms with Crippen LogP contribution in [0.15, 0.2) is 27.6 Å². The van der Waals surface area contributed by atoms with Gasteiger partial charge in [-0.25, -0.2) is 8.42 Å². The Labute approximate surface area is 182 Å². The average molecular weight is 453 g/mol. The Morgan fingerprint density at radius 1 is 1.10 bits per heavy atom. The molecule has 0 bridgehead atoms. The van der Waals surface area contributed by atoms with Gasteiger partial charge in [0.2, 0.25) is 15.9 Å². The molecule has 0 saturated carbocycles. The highest BCUT2D eigenvalue weighted by Crippen LogP contribution is 2.27. The molecular formula is C20H28N4O6S. The number of anilines is 1. The van der Waals surface area contributed by atoms with E-state index >= 15 is 0 Å². The fourth-order valence-corrected chi connectivity index (χ4v) is 5.31. The van der Waals surface area contributed by atoms with Gasteiger partial charge in [-0.2, -0.15) is 4.31 Å². The molecule has 11 heteroatoms. The molecule has 1 aliphatic heterocycles.